The maximum absolute atomic E-state index is 12.9. The van der Waals surface area contributed by atoms with Gasteiger partial charge in [0.1, 0.15) is 0 Å². The van der Waals surface area contributed by atoms with Crippen molar-refractivity contribution in [2.45, 2.75) is 32.1 Å². The molecular formula is C8H15F3N2. The number of nitrogens with one attached hydrogen (secondary N) is 1. The average molecular weight is 196 g/mol. The first-order chi connectivity index (χ1) is 5.92. The number of piperazine rings is 1. The fourth-order valence-corrected chi connectivity index (χ4v) is 1.55. The van der Waals surface area contributed by atoms with Crippen molar-refractivity contribution in [2.75, 3.05) is 19.6 Å². The van der Waals surface area contributed by atoms with E-state index in [1.165, 1.54) is 4.90 Å². The van der Waals surface area contributed by atoms with Crippen LogP contribution in [-0.4, -0.2) is 42.8 Å². The molecule has 1 atom stereocenters. The number of hydrogen-bond acceptors (Lipinski definition) is 2. The summed E-state index contributed by atoms with van der Waals surface area (Å²) >= 11 is 0. The summed E-state index contributed by atoms with van der Waals surface area (Å²) in [7, 11) is 0. The summed E-state index contributed by atoms with van der Waals surface area (Å²) in [5.74, 6) is 0. The van der Waals surface area contributed by atoms with Crippen LogP contribution >= 0.6 is 0 Å². The lowest BCUT2D eigenvalue weighted by atomic mass is 10.0. The fourth-order valence-electron chi connectivity index (χ4n) is 1.55. The van der Waals surface area contributed by atoms with Gasteiger partial charge in [0.05, 0.1) is 0 Å². The van der Waals surface area contributed by atoms with Gasteiger partial charge < -0.3 is 5.32 Å². The van der Waals surface area contributed by atoms with Crippen LogP contribution in [0.25, 0.3) is 0 Å². The van der Waals surface area contributed by atoms with Gasteiger partial charge in [0.25, 0.3) is 6.43 Å². The number of halogens is 3. The monoisotopic (exact) mass is 196 g/mol. The lowest BCUT2D eigenvalue weighted by Gasteiger charge is -2.40. The Morgan fingerprint density at radius 1 is 1.31 bits per heavy atom. The first-order valence-corrected chi connectivity index (χ1v) is 4.34. The average Bonchev–Trinajstić information content (AvgIpc) is 2.01. The molecule has 0 spiro atoms. The molecule has 1 aliphatic rings. The van der Waals surface area contributed by atoms with Crippen LogP contribution in [0.4, 0.5) is 13.2 Å². The van der Waals surface area contributed by atoms with Crippen molar-refractivity contribution in [2.24, 2.45) is 0 Å². The first kappa shape index (κ1) is 10.8. The zero-order valence-electron chi connectivity index (χ0n) is 7.86. The van der Waals surface area contributed by atoms with Gasteiger partial charge in [0.2, 0.25) is 6.30 Å². The molecule has 2 nitrogen and oxygen atoms in total. The Labute approximate surface area is 76.1 Å². The normalized spacial score (nSPS) is 26.3. The Morgan fingerprint density at radius 3 is 2.38 bits per heavy atom. The van der Waals surface area contributed by atoms with E-state index in [0.29, 0.717) is 19.6 Å². The number of alkyl halides is 3. The first-order valence-electron chi connectivity index (χ1n) is 4.34. The zero-order valence-corrected chi connectivity index (χ0v) is 7.86. The quantitative estimate of drug-likeness (QED) is 0.668. The molecule has 1 saturated heterocycles. The van der Waals surface area contributed by atoms with Gasteiger partial charge >= 0.3 is 0 Å². The van der Waals surface area contributed by atoms with Gasteiger partial charge in [-0.1, -0.05) is 0 Å². The highest BCUT2D eigenvalue weighted by molar-refractivity contribution is 4.87. The molecule has 0 aromatic rings. The van der Waals surface area contributed by atoms with Crippen LogP contribution in [0.1, 0.15) is 13.8 Å². The van der Waals surface area contributed by atoms with E-state index in [4.69, 9.17) is 0 Å². The van der Waals surface area contributed by atoms with Crippen LogP contribution < -0.4 is 5.32 Å². The summed E-state index contributed by atoms with van der Waals surface area (Å²) in [6.07, 6.45) is -5.03. The van der Waals surface area contributed by atoms with E-state index < -0.39 is 12.7 Å². The van der Waals surface area contributed by atoms with Crippen molar-refractivity contribution in [3.05, 3.63) is 0 Å². The minimum Gasteiger partial charge on any atom is -0.309 e. The van der Waals surface area contributed by atoms with Crippen molar-refractivity contribution in [3.63, 3.8) is 0 Å². The summed E-state index contributed by atoms with van der Waals surface area (Å²) in [6.45, 7) is 4.96. The molecule has 1 unspecified atom stereocenters. The van der Waals surface area contributed by atoms with Gasteiger partial charge in [-0.2, -0.15) is 0 Å². The van der Waals surface area contributed by atoms with Crippen molar-refractivity contribution in [3.8, 4) is 0 Å². The second-order valence-electron chi connectivity index (χ2n) is 3.99. The van der Waals surface area contributed by atoms with E-state index in [1.54, 1.807) is 0 Å². The number of nitrogens with zero attached hydrogens (tertiary/aromatic N) is 1. The van der Waals surface area contributed by atoms with Crippen LogP contribution in [0.5, 0.6) is 0 Å². The summed E-state index contributed by atoms with van der Waals surface area (Å²) in [5.41, 5.74) is -0.280. The maximum atomic E-state index is 12.9. The molecule has 0 amide bonds. The summed E-state index contributed by atoms with van der Waals surface area (Å²) in [6, 6.07) is 0. The topological polar surface area (TPSA) is 15.3 Å². The molecule has 0 aromatic carbocycles. The molecule has 78 valence electrons. The highest BCUT2D eigenvalue weighted by Crippen LogP contribution is 2.17. The molecule has 1 N–H and O–H groups in total. The van der Waals surface area contributed by atoms with Gasteiger partial charge in [-0.25, -0.2) is 13.2 Å². The molecule has 1 heterocycles. The molecule has 1 rings (SSSR count). The lowest BCUT2D eigenvalue weighted by Crippen LogP contribution is -2.59. The minimum atomic E-state index is -2.91. The molecule has 0 radical (unpaired) electrons. The second-order valence-corrected chi connectivity index (χ2v) is 3.99. The van der Waals surface area contributed by atoms with E-state index in [0.717, 1.165) is 0 Å². The van der Waals surface area contributed by atoms with E-state index in [2.05, 4.69) is 5.32 Å². The second kappa shape index (κ2) is 3.84. The molecule has 1 aliphatic heterocycles. The van der Waals surface area contributed by atoms with Gasteiger partial charge in [0, 0.05) is 25.2 Å². The van der Waals surface area contributed by atoms with Crippen LogP contribution in [0.3, 0.4) is 0 Å². The molecule has 0 aliphatic carbocycles. The molecule has 1 fully saturated rings. The molecule has 5 heteroatoms. The SMILES string of the molecule is CC1(C)CN(C(F)C(F)F)CCN1. The smallest absolute Gasteiger partial charge is 0.282 e. The third-order valence-corrected chi connectivity index (χ3v) is 2.16. The molecular weight excluding hydrogens is 181 g/mol. The molecule has 0 aromatic heterocycles. The predicted octanol–water partition coefficient (Wildman–Crippen LogP) is 1.23. The molecule has 13 heavy (non-hydrogen) atoms. The predicted molar refractivity (Wildman–Crippen MR) is 44.6 cm³/mol. The Balaban J connectivity index is 2.51. The van der Waals surface area contributed by atoms with E-state index in [9.17, 15) is 13.2 Å². The van der Waals surface area contributed by atoms with Crippen molar-refractivity contribution >= 4 is 0 Å². The third-order valence-electron chi connectivity index (χ3n) is 2.16. The summed E-state index contributed by atoms with van der Waals surface area (Å²) in [5, 5.41) is 3.13. The lowest BCUT2D eigenvalue weighted by molar-refractivity contribution is -0.0658. The van der Waals surface area contributed by atoms with Crippen LogP contribution in [0.2, 0.25) is 0 Å². The Morgan fingerprint density at radius 2 is 1.92 bits per heavy atom. The van der Waals surface area contributed by atoms with Crippen LogP contribution in [0, 0.1) is 0 Å². The fraction of sp³-hybridized carbons (Fsp3) is 1.00. The molecule has 0 saturated carbocycles. The van der Waals surface area contributed by atoms with Crippen molar-refractivity contribution in [1.29, 1.82) is 0 Å². The Hall–Kier alpha value is -0.290. The molecule has 0 bridgehead atoms. The zero-order chi connectivity index (χ0) is 10.1. The maximum Gasteiger partial charge on any atom is 0.282 e. The van der Waals surface area contributed by atoms with Crippen molar-refractivity contribution in [1.82, 2.24) is 10.2 Å². The summed E-state index contributed by atoms with van der Waals surface area (Å²) < 4.78 is 37.0. The highest BCUT2D eigenvalue weighted by atomic mass is 19.3. The van der Waals surface area contributed by atoms with Gasteiger partial charge in [-0.05, 0) is 13.8 Å². The Kier molecular flexibility index (Phi) is 3.18. The number of hydrogen-bond donors (Lipinski definition) is 1. The van der Waals surface area contributed by atoms with E-state index >= 15 is 0 Å². The van der Waals surface area contributed by atoms with Crippen LogP contribution in [0.15, 0.2) is 0 Å². The van der Waals surface area contributed by atoms with Crippen LogP contribution in [-0.2, 0) is 0 Å². The standard InChI is InChI=1S/C8H15F3N2/c1-8(2)5-13(4-3-12-8)7(11)6(9)10/h6-7,12H,3-5H2,1-2H3. The minimum absolute atomic E-state index is 0.280. The van der Waals surface area contributed by atoms with Gasteiger partial charge in [-0.15, -0.1) is 0 Å². The largest absolute Gasteiger partial charge is 0.309 e. The van der Waals surface area contributed by atoms with E-state index in [1.807, 2.05) is 13.8 Å². The van der Waals surface area contributed by atoms with Gasteiger partial charge in [0.15, 0.2) is 0 Å². The third kappa shape index (κ3) is 2.84. The van der Waals surface area contributed by atoms with Gasteiger partial charge in [-0.3, -0.25) is 4.90 Å². The highest BCUT2D eigenvalue weighted by Gasteiger charge is 2.34. The van der Waals surface area contributed by atoms with E-state index in [-0.39, 0.29) is 5.54 Å². The Bertz CT molecular complexity index is 173. The summed E-state index contributed by atoms with van der Waals surface area (Å²) in [4.78, 5) is 1.18. The number of rotatable bonds is 2. The van der Waals surface area contributed by atoms with Crippen molar-refractivity contribution < 1.29 is 13.2 Å².